The van der Waals surface area contributed by atoms with Gasteiger partial charge in [0.1, 0.15) is 12.4 Å². The number of amides is 1. The fourth-order valence-corrected chi connectivity index (χ4v) is 8.22. The Labute approximate surface area is 286 Å². The van der Waals surface area contributed by atoms with Crippen LogP contribution in [0, 0.1) is 12.7 Å². The van der Waals surface area contributed by atoms with E-state index in [0.717, 1.165) is 56.1 Å². The van der Waals surface area contributed by atoms with Crippen molar-refractivity contribution in [2.45, 2.75) is 83.0 Å². The van der Waals surface area contributed by atoms with Gasteiger partial charge in [0.15, 0.2) is 11.5 Å². The lowest BCUT2D eigenvalue weighted by molar-refractivity contribution is -0.140. The van der Waals surface area contributed by atoms with E-state index in [9.17, 15) is 18.0 Å². The lowest BCUT2D eigenvalue weighted by atomic mass is 9.93. The average molecular weight is 707 g/mol. The smallest absolute Gasteiger partial charge is 0.418 e. The number of carbonyl (C=O) groups is 1. The van der Waals surface area contributed by atoms with E-state index in [1.54, 1.807) is 14.1 Å². The number of nitrogens with two attached hydrogens (primary N) is 1. The molecular weight excluding hydrogens is 668 g/mol. The van der Waals surface area contributed by atoms with Gasteiger partial charge < -0.3 is 25.0 Å². The first-order chi connectivity index (χ1) is 23.3. The van der Waals surface area contributed by atoms with Gasteiger partial charge in [0.2, 0.25) is 0 Å². The van der Waals surface area contributed by atoms with Gasteiger partial charge in [-0.05, 0) is 58.2 Å². The zero-order chi connectivity index (χ0) is 34.8. The molecule has 1 amide bonds. The van der Waals surface area contributed by atoms with Gasteiger partial charge in [-0.25, -0.2) is 4.39 Å². The van der Waals surface area contributed by atoms with Crippen LogP contribution in [0.25, 0.3) is 0 Å². The van der Waals surface area contributed by atoms with Crippen LogP contribution in [0.5, 0.6) is 6.01 Å². The number of aromatic nitrogens is 4. The molecule has 2 N–H and O–H groups in total. The maximum absolute atomic E-state index is 15.5. The van der Waals surface area contributed by atoms with Crippen molar-refractivity contribution >= 4 is 29.0 Å². The zero-order valence-corrected chi connectivity index (χ0v) is 28.4. The van der Waals surface area contributed by atoms with Crippen molar-refractivity contribution in [2.24, 2.45) is 0 Å². The summed E-state index contributed by atoms with van der Waals surface area (Å²) >= 11 is 6.01. The maximum Gasteiger partial charge on any atom is 0.418 e. The zero-order valence-electron chi connectivity index (χ0n) is 27.7. The van der Waals surface area contributed by atoms with E-state index >= 15 is 4.39 Å². The van der Waals surface area contributed by atoms with Crippen LogP contribution in [0.15, 0.2) is 6.07 Å². The van der Waals surface area contributed by atoms with Gasteiger partial charge in [0, 0.05) is 50.3 Å². The van der Waals surface area contributed by atoms with E-state index in [0.29, 0.717) is 55.4 Å². The number of nitrogens with zero attached hydrogens (tertiary/aromatic N) is 7. The molecule has 16 heteroatoms. The van der Waals surface area contributed by atoms with Gasteiger partial charge in [-0.1, -0.05) is 11.6 Å². The van der Waals surface area contributed by atoms with Crippen LogP contribution in [0.4, 0.5) is 29.1 Å². The molecule has 4 aliphatic heterocycles. The third-order valence-electron chi connectivity index (χ3n) is 10.4. The number of fused-ring (bicyclic) bond motifs is 3. The van der Waals surface area contributed by atoms with Gasteiger partial charge >= 0.3 is 12.2 Å². The molecule has 4 aliphatic rings. The molecular formula is C33H39ClF4N8O3. The fourth-order valence-electron chi connectivity index (χ4n) is 7.90. The summed E-state index contributed by atoms with van der Waals surface area (Å²) in [6, 6.07) is 0.868. The lowest BCUT2D eigenvalue weighted by Crippen LogP contribution is -2.43. The predicted octanol–water partition coefficient (Wildman–Crippen LogP) is 5.31. The second-order valence-corrected chi connectivity index (χ2v) is 14.0. The highest BCUT2D eigenvalue weighted by Gasteiger charge is 2.46. The molecule has 0 aliphatic carbocycles. The van der Waals surface area contributed by atoms with Crippen LogP contribution in [-0.4, -0.2) is 81.3 Å². The number of benzene rings is 1. The van der Waals surface area contributed by atoms with Gasteiger partial charge in [-0.15, -0.1) is 0 Å². The number of ether oxygens (including phenoxy) is 2. The topological polar surface area (TPSA) is 115 Å². The summed E-state index contributed by atoms with van der Waals surface area (Å²) in [6.07, 6.45) is -1.68. The normalized spacial score (nSPS) is 20.5. The fraction of sp³-hybridized carbons (Fsp3) is 0.576. The third kappa shape index (κ3) is 5.97. The lowest BCUT2D eigenvalue weighted by Gasteiger charge is -2.33. The third-order valence-corrected chi connectivity index (χ3v) is 10.7. The first-order valence-electron chi connectivity index (χ1n) is 16.5. The standard InChI is InChI=1S/C33H39ClF4N8O3/c1-18-23-15-44(9-6-12-46(23)42-28(18)30(47)43(2)3)29-19-16-48-24(25-26(33(36,37)38)20(34)13-21(39)27(25)35)14-22(19)40-31(41-29)49-17-32-7-4-10-45(32)11-5-8-32/h13,24H,4-12,14-17,39H2,1-3H3. The molecule has 11 nitrogen and oxygen atoms in total. The van der Waals surface area contributed by atoms with Crippen molar-refractivity contribution in [3.05, 3.63) is 56.2 Å². The summed E-state index contributed by atoms with van der Waals surface area (Å²) in [4.78, 5) is 28.5. The number of halogens is 5. The van der Waals surface area contributed by atoms with E-state index in [4.69, 9.17) is 36.8 Å². The van der Waals surface area contributed by atoms with Crippen LogP contribution in [0.1, 0.15) is 82.3 Å². The van der Waals surface area contributed by atoms with Crippen molar-refractivity contribution in [1.29, 1.82) is 0 Å². The van der Waals surface area contributed by atoms with E-state index in [1.165, 1.54) is 4.90 Å². The van der Waals surface area contributed by atoms with Crippen molar-refractivity contribution in [1.82, 2.24) is 29.5 Å². The largest absolute Gasteiger partial charge is 0.461 e. The summed E-state index contributed by atoms with van der Waals surface area (Å²) in [5, 5.41) is 3.92. The molecule has 2 fully saturated rings. The van der Waals surface area contributed by atoms with Crippen LogP contribution in [0.3, 0.4) is 0 Å². The maximum atomic E-state index is 15.5. The van der Waals surface area contributed by atoms with Gasteiger partial charge in [0.05, 0.1) is 52.5 Å². The second-order valence-electron chi connectivity index (χ2n) is 13.6. The Morgan fingerprint density at radius 3 is 2.59 bits per heavy atom. The summed E-state index contributed by atoms with van der Waals surface area (Å²) in [6.45, 7) is 5.59. The quantitative estimate of drug-likeness (QED) is 0.269. The minimum Gasteiger partial charge on any atom is -0.461 e. The number of hydrogen-bond acceptors (Lipinski definition) is 9. The predicted molar refractivity (Wildman–Crippen MR) is 173 cm³/mol. The number of carbonyl (C=O) groups excluding carboxylic acids is 1. The Morgan fingerprint density at radius 1 is 1.16 bits per heavy atom. The Hall–Kier alpha value is -3.69. The highest BCUT2D eigenvalue weighted by molar-refractivity contribution is 6.31. The number of nitrogen functional groups attached to an aromatic ring is 1. The first kappa shape index (κ1) is 33.8. The van der Waals surface area contributed by atoms with Crippen molar-refractivity contribution < 1.29 is 31.8 Å². The molecule has 0 bridgehead atoms. The molecule has 0 saturated carbocycles. The number of hydrogen-bond donors (Lipinski definition) is 1. The summed E-state index contributed by atoms with van der Waals surface area (Å²) in [5.41, 5.74) is 6.04. The minimum absolute atomic E-state index is 0.0996. The molecule has 264 valence electrons. The van der Waals surface area contributed by atoms with E-state index < -0.39 is 39.9 Å². The van der Waals surface area contributed by atoms with Gasteiger partial charge in [0.25, 0.3) is 5.91 Å². The van der Waals surface area contributed by atoms with Gasteiger partial charge in [-0.2, -0.15) is 28.2 Å². The van der Waals surface area contributed by atoms with Crippen LogP contribution < -0.4 is 15.4 Å². The summed E-state index contributed by atoms with van der Waals surface area (Å²) < 4.78 is 72.4. The molecule has 1 unspecified atom stereocenters. The molecule has 1 aromatic carbocycles. The Morgan fingerprint density at radius 2 is 1.90 bits per heavy atom. The van der Waals surface area contributed by atoms with Crippen molar-refractivity contribution in [3.8, 4) is 6.01 Å². The van der Waals surface area contributed by atoms with Crippen molar-refractivity contribution in [2.75, 3.05) is 51.0 Å². The minimum atomic E-state index is -4.96. The number of aryl methyl sites for hydroxylation is 1. The Bertz CT molecular complexity index is 1790. The molecule has 2 saturated heterocycles. The van der Waals surface area contributed by atoms with Crippen LogP contribution in [0.2, 0.25) is 5.02 Å². The van der Waals surface area contributed by atoms with E-state index in [-0.39, 0.29) is 30.5 Å². The summed E-state index contributed by atoms with van der Waals surface area (Å²) in [5.74, 6) is -0.905. The van der Waals surface area contributed by atoms with E-state index in [2.05, 4.69) is 10.00 Å². The molecule has 1 atom stereocenters. The van der Waals surface area contributed by atoms with Crippen LogP contribution in [-0.2, 0) is 37.0 Å². The number of rotatable bonds is 6. The molecule has 2 aromatic heterocycles. The van der Waals surface area contributed by atoms with Crippen molar-refractivity contribution in [3.63, 3.8) is 0 Å². The average Bonchev–Trinajstić information content (AvgIpc) is 3.67. The molecule has 0 spiro atoms. The number of anilines is 2. The second kappa shape index (κ2) is 12.6. The summed E-state index contributed by atoms with van der Waals surface area (Å²) in [7, 11) is 3.36. The molecule has 7 rings (SSSR count). The highest BCUT2D eigenvalue weighted by Crippen LogP contribution is 2.46. The Kier molecular flexibility index (Phi) is 8.67. The SMILES string of the molecule is Cc1c(C(=O)N(C)C)nn2c1CN(c1nc(OCC34CCCN3CCC4)nc3c1COC(c1c(F)c(N)cc(Cl)c1C(F)(F)F)C3)CCC2. The highest BCUT2D eigenvalue weighted by atomic mass is 35.5. The molecule has 0 radical (unpaired) electrons. The van der Waals surface area contributed by atoms with Crippen LogP contribution >= 0.6 is 11.6 Å². The Balaban J connectivity index is 1.28. The first-order valence-corrected chi connectivity index (χ1v) is 16.9. The monoisotopic (exact) mass is 706 g/mol. The molecule has 49 heavy (non-hydrogen) atoms. The molecule has 6 heterocycles. The number of alkyl halides is 3. The van der Waals surface area contributed by atoms with E-state index in [1.807, 2.05) is 16.5 Å². The molecule has 3 aromatic rings. The van der Waals surface area contributed by atoms with Gasteiger partial charge in [-0.3, -0.25) is 14.4 Å².